The van der Waals surface area contributed by atoms with Crippen LogP contribution in [0, 0.1) is 6.92 Å². The summed E-state index contributed by atoms with van der Waals surface area (Å²) in [6.45, 7) is 3.07. The maximum Gasteiger partial charge on any atom is 0.265 e. The van der Waals surface area contributed by atoms with E-state index in [0.29, 0.717) is 16.9 Å². The minimum atomic E-state index is -3.82. The van der Waals surface area contributed by atoms with E-state index in [1.165, 1.54) is 23.9 Å². The highest BCUT2D eigenvalue weighted by atomic mass is 32.2. The van der Waals surface area contributed by atoms with Crippen molar-refractivity contribution in [3.63, 3.8) is 0 Å². The molecule has 128 valence electrons. The van der Waals surface area contributed by atoms with Crippen LogP contribution in [0.1, 0.15) is 23.0 Å². The topological polar surface area (TPSA) is 81.1 Å². The average Bonchev–Trinajstić information content (AvgIpc) is 2.98. The number of hydrogen-bond acceptors (Lipinski definition) is 4. The van der Waals surface area contributed by atoms with Crippen LogP contribution >= 0.6 is 0 Å². The number of hydrogen-bond donors (Lipinski definition) is 1. The number of carbonyl (C=O) groups excluding carboxylic acids is 1. The van der Waals surface area contributed by atoms with Crippen molar-refractivity contribution < 1.29 is 13.2 Å². The first-order valence-electron chi connectivity index (χ1n) is 7.62. The molecule has 0 atom stereocenters. The fraction of sp³-hybridized carbons (Fsp3) is 0.111. The van der Waals surface area contributed by atoms with Gasteiger partial charge < -0.3 is 0 Å². The zero-order valence-electron chi connectivity index (χ0n) is 13.8. The Balaban J connectivity index is 1.94. The van der Waals surface area contributed by atoms with E-state index in [2.05, 4.69) is 9.82 Å². The molecule has 0 amide bonds. The molecule has 0 saturated carbocycles. The Hall–Kier alpha value is -2.93. The summed E-state index contributed by atoms with van der Waals surface area (Å²) >= 11 is 0. The van der Waals surface area contributed by atoms with Gasteiger partial charge >= 0.3 is 0 Å². The summed E-state index contributed by atoms with van der Waals surface area (Å²) < 4.78 is 29.4. The predicted molar refractivity (Wildman–Crippen MR) is 95.6 cm³/mol. The van der Waals surface area contributed by atoms with Crippen molar-refractivity contribution in [3.8, 4) is 5.69 Å². The molecule has 3 rings (SSSR count). The fourth-order valence-electron chi connectivity index (χ4n) is 2.43. The summed E-state index contributed by atoms with van der Waals surface area (Å²) in [6, 6.07) is 15.6. The molecule has 0 aliphatic rings. The van der Waals surface area contributed by atoms with Crippen molar-refractivity contribution in [1.82, 2.24) is 9.78 Å². The van der Waals surface area contributed by atoms with Crippen molar-refractivity contribution in [2.75, 3.05) is 4.72 Å². The van der Waals surface area contributed by atoms with Crippen LogP contribution in [0.25, 0.3) is 5.69 Å². The third-order valence-corrected chi connectivity index (χ3v) is 5.17. The summed E-state index contributed by atoms with van der Waals surface area (Å²) in [5.41, 5.74) is 1.93. The summed E-state index contributed by atoms with van der Waals surface area (Å²) in [6.07, 6.45) is 1.47. The van der Waals surface area contributed by atoms with Crippen LogP contribution in [0.3, 0.4) is 0 Å². The van der Waals surface area contributed by atoms with Gasteiger partial charge in [-0.2, -0.15) is 5.10 Å². The Morgan fingerprint density at radius 3 is 2.48 bits per heavy atom. The number of ketones is 1. The second-order valence-corrected chi connectivity index (χ2v) is 7.25. The third-order valence-electron chi connectivity index (χ3n) is 3.69. The Labute approximate surface area is 146 Å². The number of nitrogens with one attached hydrogen (secondary N) is 1. The second-order valence-electron chi connectivity index (χ2n) is 5.60. The van der Waals surface area contributed by atoms with Crippen molar-refractivity contribution in [3.05, 3.63) is 72.1 Å². The Morgan fingerprint density at radius 1 is 1.08 bits per heavy atom. The summed E-state index contributed by atoms with van der Waals surface area (Å²) in [4.78, 5) is 11.5. The second kappa shape index (κ2) is 6.52. The van der Waals surface area contributed by atoms with Crippen LogP contribution in [-0.2, 0) is 10.0 Å². The zero-order valence-corrected chi connectivity index (χ0v) is 14.6. The maximum absolute atomic E-state index is 12.7. The van der Waals surface area contributed by atoms with Crippen LogP contribution in [0.2, 0.25) is 0 Å². The SMILES string of the molecule is CC(=O)c1cccc(NS(=O)(=O)c2cn(-c3ccccc3)nc2C)c1. The van der Waals surface area contributed by atoms with Crippen LogP contribution in [-0.4, -0.2) is 24.0 Å². The Bertz CT molecular complexity index is 1020. The Morgan fingerprint density at radius 2 is 1.80 bits per heavy atom. The predicted octanol–water partition coefficient (Wildman–Crippen LogP) is 3.18. The van der Waals surface area contributed by atoms with Gasteiger partial charge in [-0.25, -0.2) is 13.1 Å². The molecule has 0 aliphatic carbocycles. The van der Waals surface area contributed by atoms with Gasteiger partial charge in [-0.15, -0.1) is 0 Å². The van der Waals surface area contributed by atoms with Gasteiger partial charge in [0.1, 0.15) is 4.90 Å². The van der Waals surface area contributed by atoms with E-state index in [-0.39, 0.29) is 10.7 Å². The van der Waals surface area contributed by atoms with Gasteiger partial charge in [-0.1, -0.05) is 30.3 Å². The minimum absolute atomic E-state index is 0.0876. The Kier molecular flexibility index (Phi) is 4.41. The minimum Gasteiger partial charge on any atom is -0.295 e. The lowest BCUT2D eigenvalue weighted by Gasteiger charge is -2.08. The number of carbonyl (C=O) groups is 1. The van der Waals surface area contributed by atoms with Crippen molar-refractivity contribution in [2.45, 2.75) is 18.7 Å². The summed E-state index contributed by atoms with van der Waals surface area (Å²) in [7, 11) is -3.82. The first-order chi connectivity index (χ1) is 11.9. The normalized spacial score (nSPS) is 11.3. The molecule has 0 aliphatic heterocycles. The molecule has 7 heteroatoms. The molecule has 0 unspecified atom stereocenters. The number of sulfonamides is 1. The van der Waals surface area contributed by atoms with Gasteiger partial charge in [0.05, 0.1) is 17.6 Å². The molecule has 1 aromatic heterocycles. The van der Waals surface area contributed by atoms with Gasteiger partial charge in [-0.3, -0.25) is 9.52 Å². The van der Waals surface area contributed by atoms with Crippen molar-refractivity contribution in [1.29, 1.82) is 0 Å². The van der Waals surface area contributed by atoms with Gasteiger partial charge in [0.15, 0.2) is 5.78 Å². The van der Waals surface area contributed by atoms with E-state index < -0.39 is 10.0 Å². The van der Waals surface area contributed by atoms with Crippen molar-refractivity contribution >= 4 is 21.5 Å². The maximum atomic E-state index is 12.7. The quantitative estimate of drug-likeness (QED) is 0.713. The molecule has 0 saturated heterocycles. The number of para-hydroxylation sites is 1. The van der Waals surface area contributed by atoms with Crippen LogP contribution < -0.4 is 4.72 Å². The van der Waals surface area contributed by atoms with E-state index in [4.69, 9.17) is 0 Å². The molecule has 1 heterocycles. The zero-order chi connectivity index (χ0) is 18.0. The number of aromatic nitrogens is 2. The van der Waals surface area contributed by atoms with E-state index >= 15 is 0 Å². The number of nitrogens with zero attached hydrogens (tertiary/aromatic N) is 2. The molecule has 2 aromatic carbocycles. The van der Waals surface area contributed by atoms with Gasteiger partial charge in [0, 0.05) is 11.3 Å². The molecule has 0 fully saturated rings. The summed E-state index contributed by atoms with van der Waals surface area (Å²) in [5, 5.41) is 4.28. The molecular weight excluding hydrogens is 338 g/mol. The lowest BCUT2D eigenvalue weighted by Crippen LogP contribution is -2.13. The van der Waals surface area contributed by atoms with Gasteiger partial charge in [-0.05, 0) is 38.1 Å². The molecular formula is C18H17N3O3S. The van der Waals surface area contributed by atoms with E-state index in [9.17, 15) is 13.2 Å². The van der Waals surface area contributed by atoms with Crippen LogP contribution in [0.5, 0.6) is 0 Å². The lowest BCUT2D eigenvalue weighted by molar-refractivity contribution is 0.101. The number of anilines is 1. The number of benzene rings is 2. The highest BCUT2D eigenvalue weighted by molar-refractivity contribution is 7.92. The van der Waals surface area contributed by atoms with Crippen molar-refractivity contribution in [2.24, 2.45) is 0 Å². The van der Waals surface area contributed by atoms with E-state index in [1.54, 1.807) is 25.1 Å². The summed E-state index contributed by atoms with van der Waals surface area (Å²) in [5.74, 6) is -0.130. The number of Topliss-reactive ketones (excluding diaryl/α,β-unsaturated/α-hetero) is 1. The standard InChI is InChI=1S/C18H17N3O3S/c1-13-18(12-21(19-13)17-9-4-3-5-10-17)25(23,24)20-16-8-6-7-15(11-16)14(2)22/h3-12,20H,1-2H3. The highest BCUT2D eigenvalue weighted by Gasteiger charge is 2.21. The van der Waals surface area contributed by atoms with Gasteiger partial charge in [0.25, 0.3) is 10.0 Å². The first-order valence-corrected chi connectivity index (χ1v) is 9.11. The first kappa shape index (κ1) is 16.9. The average molecular weight is 355 g/mol. The third kappa shape index (κ3) is 3.61. The van der Waals surface area contributed by atoms with E-state index in [1.807, 2.05) is 30.3 Å². The molecule has 1 N–H and O–H groups in total. The molecule has 0 radical (unpaired) electrons. The molecule has 6 nitrogen and oxygen atoms in total. The molecule has 25 heavy (non-hydrogen) atoms. The number of rotatable bonds is 5. The van der Waals surface area contributed by atoms with E-state index in [0.717, 1.165) is 5.69 Å². The molecule has 0 bridgehead atoms. The highest BCUT2D eigenvalue weighted by Crippen LogP contribution is 2.21. The van der Waals surface area contributed by atoms with Gasteiger partial charge in [0.2, 0.25) is 0 Å². The monoisotopic (exact) mass is 355 g/mol. The fourth-order valence-corrected chi connectivity index (χ4v) is 3.65. The van der Waals surface area contributed by atoms with Crippen LogP contribution in [0.4, 0.5) is 5.69 Å². The smallest absolute Gasteiger partial charge is 0.265 e. The molecule has 0 spiro atoms. The largest absolute Gasteiger partial charge is 0.295 e. The lowest BCUT2D eigenvalue weighted by atomic mass is 10.1. The van der Waals surface area contributed by atoms with Crippen LogP contribution in [0.15, 0.2) is 65.7 Å². The molecule has 3 aromatic rings. The number of aryl methyl sites for hydroxylation is 1.